The molecule has 1 aromatic heterocycles. The van der Waals surface area contributed by atoms with Gasteiger partial charge in [-0.25, -0.2) is 13.1 Å². The third kappa shape index (κ3) is 3.53. The molecule has 0 saturated carbocycles. The maximum atomic E-state index is 12.1. The Kier molecular flexibility index (Phi) is 4.19. The summed E-state index contributed by atoms with van der Waals surface area (Å²) in [5, 5.41) is 0.159. The molecule has 0 unspecified atom stereocenters. The van der Waals surface area contributed by atoms with Crippen LogP contribution in [-0.2, 0) is 16.6 Å². The summed E-state index contributed by atoms with van der Waals surface area (Å²) in [4.78, 5) is 3.77. The van der Waals surface area contributed by atoms with Gasteiger partial charge in [-0.15, -0.1) is 0 Å². The van der Waals surface area contributed by atoms with E-state index in [2.05, 4.69) is 9.71 Å². The molecule has 4 nitrogen and oxygen atoms in total. The van der Waals surface area contributed by atoms with Crippen molar-refractivity contribution in [3.63, 3.8) is 0 Å². The van der Waals surface area contributed by atoms with Crippen molar-refractivity contribution in [3.8, 4) is 0 Å². The van der Waals surface area contributed by atoms with E-state index < -0.39 is 10.0 Å². The fourth-order valence-electron chi connectivity index (χ4n) is 1.64. The molecule has 1 N–H and O–H groups in total. The summed E-state index contributed by atoms with van der Waals surface area (Å²) in [7, 11) is -3.65. The largest absolute Gasteiger partial charge is 0.263 e. The van der Waals surface area contributed by atoms with Gasteiger partial charge in [0.1, 0.15) is 4.90 Å². The Morgan fingerprint density at radius 1 is 1.32 bits per heavy atom. The van der Waals surface area contributed by atoms with E-state index in [9.17, 15) is 8.42 Å². The van der Waals surface area contributed by atoms with Crippen LogP contribution in [-0.4, -0.2) is 13.4 Å². The second kappa shape index (κ2) is 5.69. The molecule has 0 atom stereocenters. The van der Waals surface area contributed by atoms with Crippen LogP contribution < -0.4 is 4.72 Å². The SMILES string of the molecule is Cc1cccc(CNS(=O)(=O)c2cnccc2Cl)c1. The molecule has 0 spiro atoms. The highest BCUT2D eigenvalue weighted by atomic mass is 35.5. The molecule has 19 heavy (non-hydrogen) atoms. The molecule has 0 aliphatic rings. The summed E-state index contributed by atoms with van der Waals surface area (Å²) in [6.07, 6.45) is 2.68. The molecule has 2 rings (SSSR count). The summed E-state index contributed by atoms with van der Waals surface area (Å²) >= 11 is 5.86. The normalized spacial score (nSPS) is 11.5. The number of aromatic nitrogens is 1. The van der Waals surface area contributed by atoms with E-state index in [1.54, 1.807) is 0 Å². The third-order valence-corrected chi connectivity index (χ3v) is 4.44. The molecule has 1 aromatic carbocycles. The molecule has 2 aromatic rings. The Labute approximate surface area is 117 Å². The summed E-state index contributed by atoms with van der Waals surface area (Å²) < 4.78 is 26.7. The Bertz CT molecular complexity index is 687. The van der Waals surface area contributed by atoms with Gasteiger partial charge in [0.05, 0.1) is 5.02 Å². The summed E-state index contributed by atoms with van der Waals surface area (Å²) in [6, 6.07) is 9.07. The zero-order chi connectivity index (χ0) is 13.9. The fraction of sp³-hybridized carbons (Fsp3) is 0.154. The van der Waals surface area contributed by atoms with Gasteiger partial charge in [0.15, 0.2) is 0 Å². The van der Waals surface area contributed by atoms with Crippen LogP contribution in [0.5, 0.6) is 0 Å². The van der Waals surface area contributed by atoms with Gasteiger partial charge in [-0.05, 0) is 18.6 Å². The van der Waals surface area contributed by atoms with E-state index >= 15 is 0 Å². The Hall–Kier alpha value is -1.43. The van der Waals surface area contributed by atoms with E-state index in [0.717, 1.165) is 11.1 Å². The average molecular weight is 297 g/mol. The highest BCUT2D eigenvalue weighted by molar-refractivity contribution is 7.89. The van der Waals surface area contributed by atoms with Crippen molar-refractivity contribution in [2.24, 2.45) is 0 Å². The summed E-state index contributed by atoms with van der Waals surface area (Å²) in [6.45, 7) is 2.17. The average Bonchev–Trinajstić information content (AvgIpc) is 2.37. The number of hydrogen-bond acceptors (Lipinski definition) is 3. The predicted molar refractivity (Wildman–Crippen MR) is 74.5 cm³/mol. The van der Waals surface area contributed by atoms with Gasteiger partial charge < -0.3 is 0 Å². The second-order valence-electron chi connectivity index (χ2n) is 4.12. The number of benzene rings is 1. The van der Waals surface area contributed by atoms with Gasteiger partial charge >= 0.3 is 0 Å². The topological polar surface area (TPSA) is 59.1 Å². The lowest BCUT2D eigenvalue weighted by Crippen LogP contribution is -2.23. The minimum absolute atomic E-state index is 0.00989. The van der Waals surface area contributed by atoms with Crippen LogP contribution in [0.25, 0.3) is 0 Å². The molecule has 0 bridgehead atoms. The lowest BCUT2D eigenvalue weighted by atomic mass is 10.1. The maximum absolute atomic E-state index is 12.1. The van der Waals surface area contributed by atoms with Crippen molar-refractivity contribution < 1.29 is 8.42 Å². The zero-order valence-corrected chi connectivity index (χ0v) is 11.9. The van der Waals surface area contributed by atoms with Gasteiger partial charge in [-0.3, -0.25) is 4.98 Å². The zero-order valence-electron chi connectivity index (χ0n) is 10.3. The lowest BCUT2D eigenvalue weighted by molar-refractivity contribution is 0.581. The Balaban J connectivity index is 2.17. The van der Waals surface area contributed by atoms with Crippen molar-refractivity contribution in [3.05, 3.63) is 58.9 Å². The van der Waals surface area contributed by atoms with E-state index in [1.165, 1.54) is 18.5 Å². The van der Waals surface area contributed by atoms with Gasteiger partial charge in [0, 0.05) is 18.9 Å². The number of pyridine rings is 1. The number of rotatable bonds is 4. The molecule has 0 radical (unpaired) electrons. The van der Waals surface area contributed by atoms with E-state index in [4.69, 9.17) is 11.6 Å². The number of hydrogen-bond donors (Lipinski definition) is 1. The van der Waals surface area contributed by atoms with Gasteiger partial charge in [0.2, 0.25) is 10.0 Å². The number of halogens is 1. The molecule has 1 heterocycles. The highest BCUT2D eigenvalue weighted by Crippen LogP contribution is 2.19. The number of nitrogens with zero attached hydrogens (tertiary/aromatic N) is 1. The van der Waals surface area contributed by atoms with Crippen molar-refractivity contribution >= 4 is 21.6 Å². The standard InChI is InChI=1S/C13H13ClN2O2S/c1-10-3-2-4-11(7-10)8-16-19(17,18)13-9-15-6-5-12(13)14/h2-7,9,16H,8H2,1H3. The van der Waals surface area contributed by atoms with Crippen molar-refractivity contribution in [2.45, 2.75) is 18.4 Å². The summed E-state index contributed by atoms with van der Waals surface area (Å²) in [5.41, 5.74) is 1.97. The molecule has 0 fully saturated rings. The van der Waals surface area contributed by atoms with Gasteiger partial charge in [-0.2, -0.15) is 0 Å². The third-order valence-electron chi connectivity index (χ3n) is 2.57. The maximum Gasteiger partial charge on any atom is 0.243 e. The van der Waals surface area contributed by atoms with Crippen LogP contribution in [0, 0.1) is 6.92 Å². The molecule has 0 amide bonds. The second-order valence-corrected chi connectivity index (χ2v) is 6.26. The Morgan fingerprint density at radius 3 is 2.79 bits per heavy atom. The molecule has 0 aliphatic carbocycles. The number of sulfonamides is 1. The fourth-order valence-corrected chi connectivity index (χ4v) is 3.09. The minimum atomic E-state index is -3.65. The summed E-state index contributed by atoms with van der Waals surface area (Å²) in [5.74, 6) is 0. The molecule has 6 heteroatoms. The monoisotopic (exact) mass is 296 g/mol. The van der Waals surface area contributed by atoms with E-state index in [-0.39, 0.29) is 16.5 Å². The molecule has 100 valence electrons. The van der Waals surface area contributed by atoms with Gasteiger partial charge in [0.25, 0.3) is 0 Å². The predicted octanol–water partition coefficient (Wildman–Crippen LogP) is 2.52. The van der Waals surface area contributed by atoms with Crippen molar-refractivity contribution in [2.75, 3.05) is 0 Å². The quantitative estimate of drug-likeness (QED) is 0.943. The van der Waals surface area contributed by atoms with Crippen LogP contribution in [0.3, 0.4) is 0 Å². The van der Waals surface area contributed by atoms with Crippen molar-refractivity contribution in [1.82, 2.24) is 9.71 Å². The lowest BCUT2D eigenvalue weighted by Gasteiger charge is -2.08. The first-order valence-electron chi connectivity index (χ1n) is 5.64. The van der Waals surface area contributed by atoms with E-state index in [1.807, 2.05) is 31.2 Å². The van der Waals surface area contributed by atoms with Crippen LogP contribution in [0.4, 0.5) is 0 Å². The molecule has 0 saturated heterocycles. The number of nitrogens with one attached hydrogen (secondary N) is 1. The van der Waals surface area contributed by atoms with Crippen LogP contribution >= 0.6 is 11.6 Å². The smallest absolute Gasteiger partial charge is 0.243 e. The van der Waals surface area contributed by atoms with Crippen molar-refractivity contribution in [1.29, 1.82) is 0 Å². The first-order valence-corrected chi connectivity index (χ1v) is 7.50. The van der Waals surface area contributed by atoms with Crippen LogP contribution in [0.1, 0.15) is 11.1 Å². The molecular weight excluding hydrogens is 284 g/mol. The Morgan fingerprint density at radius 2 is 2.11 bits per heavy atom. The van der Waals surface area contributed by atoms with Crippen LogP contribution in [0.2, 0.25) is 5.02 Å². The van der Waals surface area contributed by atoms with Crippen LogP contribution in [0.15, 0.2) is 47.6 Å². The molecular formula is C13H13ClN2O2S. The first kappa shape index (κ1) is 14.0. The molecule has 0 aliphatic heterocycles. The van der Waals surface area contributed by atoms with E-state index in [0.29, 0.717) is 0 Å². The first-order chi connectivity index (χ1) is 8.99. The highest BCUT2D eigenvalue weighted by Gasteiger charge is 2.17. The minimum Gasteiger partial charge on any atom is -0.263 e. The number of aryl methyl sites for hydroxylation is 1. The van der Waals surface area contributed by atoms with Gasteiger partial charge in [-0.1, -0.05) is 41.4 Å².